The summed E-state index contributed by atoms with van der Waals surface area (Å²) in [5, 5.41) is 1.15. The van der Waals surface area contributed by atoms with E-state index in [9.17, 15) is 0 Å². The van der Waals surface area contributed by atoms with E-state index < -0.39 is 0 Å². The molecule has 0 amide bonds. The molecule has 2 rings (SSSR count). The number of halogens is 1. The fourth-order valence-electron chi connectivity index (χ4n) is 2.06. The molecule has 15 heavy (non-hydrogen) atoms. The minimum Gasteiger partial charge on any atom is -0.344 e. The standard InChI is InChI=1S/C11H17ClN2S/c1-7-4-5-14(10(7)6-12)11-13-8(2)9(3)15-11/h7,10H,4-6H2,1-3H3. The average molecular weight is 245 g/mol. The Kier molecular flexibility index (Phi) is 3.21. The van der Waals surface area contributed by atoms with Crippen LogP contribution in [0.3, 0.4) is 0 Å². The van der Waals surface area contributed by atoms with Gasteiger partial charge < -0.3 is 4.90 Å². The predicted octanol–water partition coefficient (Wildman–Crippen LogP) is 3.21. The van der Waals surface area contributed by atoms with Gasteiger partial charge in [-0.3, -0.25) is 0 Å². The van der Waals surface area contributed by atoms with Crippen LogP contribution in [0, 0.1) is 19.8 Å². The number of rotatable bonds is 2. The number of hydrogen-bond acceptors (Lipinski definition) is 3. The van der Waals surface area contributed by atoms with Crippen LogP contribution < -0.4 is 4.90 Å². The van der Waals surface area contributed by atoms with Gasteiger partial charge in [0.05, 0.1) is 5.69 Å². The van der Waals surface area contributed by atoms with Crippen molar-refractivity contribution in [2.24, 2.45) is 5.92 Å². The molecule has 1 fully saturated rings. The lowest BCUT2D eigenvalue weighted by atomic mass is 10.1. The topological polar surface area (TPSA) is 16.1 Å². The number of thiazole rings is 1. The molecule has 1 aliphatic heterocycles. The maximum absolute atomic E-state index is 6.03. The summed E-state index contributed by atoms with van der Waals surface area (Å²) in [5.41, 5.74) is 1.16. The maximum atomic E-state index is 6.03. The molecule has 0 aromatic carbocycles. The molecule has 0 spiro atoms. The lowest BCUT2D eigenvalue weighted by Gasteiger charge is -2.24. The summed E-state index contributed by atoms with van der Waals surface area (Å²) < 4.78 is 0. The molecular weight excluding hydrogens is 228 g/mol. The van der Waals surface area contributed by atoms with Crippen LogP contribution in [-0.4, -0.2) is 23.5 Å². The van der Waals surface area contributed by atoms with E-state index in [2.05, 4.69) is 30.7 Å². The van der Waals surface area contributed by atoms with Gasteiger partial charge in [-0.15, -0.1) is 22.9 Å². The second kappa shape index (κ2) is 4.30. The molecular formula is C11H17ClN2S. The first-order chi connectivity index (χ1) is 7.13. The van der Waals surface area contributed by atoms with Gasteiger partial charge in [-0.25, -0.2) is 4.98 Å². The lowest BCUT2D eigenvalue weighted by molar-refractivity contribution is 0.550. The summed E-state index contributed by atoms with van der Waals surface area (Å²) >= 11 is 7.82. The van der Waals surface area contributed by atoms with Gasteiger partial charge in [0.2, 0.25) is 0 Å². The molecule has 2 nitrogen and oxygen atoms in total. The highest BCUT2D eigenvalue weighted by atomic mass is 35.5. The Labute approximate surface area is 100 Å². The molecule has 1 aromatic heterocycles. The third kappa shape index (κ3) is 2.00. The fraction of sp³-hybridized carbons (Fsp3) is 0.727. The van der Waals surface area contributed by atoms with Crippen LogP contribution >= 0.6 is 22.9 Å². The molecule has 4 heteroatoms. The zero-order chi connectivity index (χ0) is 11.0. The van der Waals surface area contributed by atoms with Gasteiger partial charge in [-0.1, -0.05) is 6.92 Å². The summed E-state index contributed by atoms with van der Waals surface area (Å²) in [6, 6.07) is 0.469. The van der Waals surface area contributed by atoms with Crippen LogP contribution in [0.15, 0.2) is 0 Å². The van der Waals surface area contributed by atoms with Gasteiger partial charge in [-0.05, 0) is 26.2 Å². The number of anilines is 1. The number of aromatic nitrogens is 1. The van der Waals surface area contributed by atoms with Crippen molar-refractivity contribution in [2.75, 3.05) is 17.3 Å². The van der Waals surface area contributed by atoms with E-state index in [1.807, 2.05) is 0 Å². The Morgan fingerprint density at radius 3 is 2.80 bits per heavy atom. The van der Waals surface area contributed by atoms with Crippen LogP contribution in [0.25, 0.3) is 0 Å². The van der Waals surface area contributed by atoms with Gasteiger partial charge >= 0.3 is 0 Å². The summed E-state index contributed by atoms with van der Waals surface area (Å²) in [6.07, 6.45) is 1.23. The highest BCUT2D eigenvalue weighted by molar-refractivity contribution is 7.15. The first-order valence-corrected chi connectivity index (χ1v) is 6.75. The van der Waals surface area contributed by atoms with Gasteiger partial charge in [0.15, 0.2) is 5.13 Å². The van der Waals surface area contributed by atoms with Gasteiger partial charge in [0.25, 0.3) is 0 Å². The molecule has 1 saturated heterocycles. The van der Waals surface area contributed by atoms with E-state index in [1.54, 1.807) is 11.3 Å². The van der Waals surface area contributed by atoms with Gasteiger partial charge in [0, 0.05) is 23.3 Å². The van der Waals surface area contributed by atoms with Crippen molar-refractivity contribution in [3.8, 4) is 0 Å². The second-order valence-electron chi connectivity index (χ2n) is 4.32. The third-order valence-corrected chi connectivity index (χ3v) is 4.73. The van der Waals surface area contributed by atoms with Crippen LogP contribution in [0.2, 0.25) is 0 Å². The number of nitrogens with zero attached hydrogens (tertiary/aromatic N) is 2. The molecule has 0 N–H and O–H groups in total. The van der Waals surface area contributed by atoms with E-state index >= 15 is 0 Å². The van der Waals surface area contributed by atoms with E-state index in [1.165, 1.54) is 11.3 Å². The number of alkyl halides is 1. The van der Waals surface area contributed by atoms with Crippen molar-refractivity contribution < 1.29 is 0 Å². The maximum Gasteiger partial charge on any atom is 0.186 e. The van der Waals surface area contributed by atoms with Crippen LogP contribution in [0.5, 0.6) is 0 Å². The Morgan fingerprint density at radius 2 is 2.27 bits per heavy atom. The monoisotopic (exact) mass is 244 g/mol. The Bertz CT molecular complexity index is 331. The van der Waals surface area contributed by atoms with Crippen molar-refractivity contribution in [1.82, 2.24) is 4.98 Å². The van der Waals surface area contributed by atoms with E-state index in [4.69, 9.17) is 11.6 Å². The molecule has 2 heterocycles. The molecule has 1 aromatic rings. The van der Waals surface area contributed by atoms with Crippen molar-refractivity contribution >= 4 is 28.1 Å². The quantitative estimate of drug-likeness (QED) is 0.743. The van der Waals surface area contributed by atoms with Crippen molar-refractivity contribution in [1.29, 1.82) is 0 Å². The summed E-state index contributed by atoms with van der Waals surface area (Å²) in [7, 11) is 0. The molecule has 0 aliphatic carbocycles. The molecule has 2 atom stereocenters. The largest absolute Gasteiger partial charge is 0.344 e. The van der Waals surface area contributed by atoms with Crippen molar-refractivity contribution in [3.63, 3.8) is 0 Å². The summed E-state index contributed by atoms with van der Waals surface area (Å²) in [6.45, 7) is 7.58. The Balaban J connectivity index is 2.23. The first kappa shape index (κ1) is 11.2. The van der Waals surface area contributed by atoms with E-state index in [0.29, 0.717) is 17.8 Å². The predicted molar refractivity (Wildman–Crippen MR) is 67.2 cm³/mol. The highest BCUT2D eigenvalue weighted by Gasteiger charge is 2.32. The molecule has 0 bridgehead atoms. The van der Waals surface area contributed by atoms with Crippen molar-refractivity contribution in [2.45, 2.75) is 33.2 Å². The Morgan fingerprint density at radius 1 is 1.53 bits per heavy atom. The molecule has 2 unspecified atom stereocenters. The van der Waals surface area contributed by atoms with Crippen LogP contribution in [0.1, 0.15) is 23.9 Å². The minimum absolute atomic E-state index is 0.469. The van der Waals surface area contributed by atoms with Gasteiger partial charge in [-0.2, -0.15) is 0 Å². The molecule has 0 saturated carbocycles. The summed E-state index contributed by atoms with van der Waals surface area (Å²) in [4.78, 5) is 8.31. The van der Waals surface area contributed by atoms with Crippen LogP contribution in [-0.2, 0) is 0 Å². The molecule has 0 radical (unpaired) electrons. The normalized spacial score (nSPS) is 26.3. The SMILES string of the molecule is Cc1nc(N2CCC(C)C2CCl)sc1C. The summed E-state index contributed by atoms with van der Waals surface area (Å²) in [5.74, 6) is 1.39. The van der Waals surface area contributed by atoms with Gasteiger partial charge in [0.1, 0.15) is 0 Å². The second-order valence-corrected chi connectivity index (χ2v) is 5.81. The average Bonchev–Trinajstić information content (AvgIpc) is 2.71. The lowest BCUT2D eigenvalue weighted by Crippen LogP contribution is -2.33. The molecule has 1 aliphatic rings. The molecule has 84 valence electrons. The van der Waals surface area contributed by atoms with Crippen LogP contribution in [0.4, 0.5) is 5.13 Å². The highest BCUT2D eigenvalue weighted by Crippen LogP contribution is 2.34. The third-order valence-electron chi connectivity index (χ3n) is 3.30. The van der Waals surface area contributed by atoms with E-state index in [-0.39, 0.29) is 0 Å². The zero-order valence-electron chi connectivity index (χ0n) is 9.46. The van der Waals surface area contributed by atoms with Crippen molar-refractivity contribution in [3.05, 3.63) is 10.6 Å². The number of hydrogen-bond donors (Lipinski definition) is 0. The number of aryl methyl sites for hydroxylation is 2. The smallest absolute Gasteiger partial charge is 0.186 e. The minimum atomic E-state index is 0.469. The first-order valence-electron chi connectivity index (χ1n) is 5.40. The fourth-order valence-corrected chi connectivity index (χ4v) is 3.52. The van der Waals surface area contributed by atoms with E-state index in [0.717, 1.165) is 17.4 Å². The Hall–Kier alpha value is -0.280. The zero-order valence-corrected chi connectivity index (χ0v) is 11.0.